The normalized spacial score (nSPS) is 11.0. The van der Waals surface area contributed by atoms with Crippen LogP contribution in [-0.2, 0) is 16.0 Å². The fourth-order valence-electron chi connectivity index (χ4n) is 2.60. The third-order valence-electron chi connectivity index (χ3n) is 4.13. The Balaban J connectivity index is 1.89. The van der Waals surface area contributed by atoms with Crippen LogP contribution in [0.2, 0.25) is 0 Å². The Morgan fingerprint density at radius 3 is 2.48 bits per heavy atom. The molecule has 0 radical (unpaired) electrons. The summed E-state index contributed by atoms with van der Waals surface area (Å²) >= 11 is 0. The summed E-state index contributed by atoms with van der Waals surface area (Å²) < 4.78 is 34.6. The van der Waals surface area contributed by atoms with Crippen LogP contribution >= 0.6 is 0 Å². The average Bonchev–Trinajstić information content (AvgIpc) is 2.79. The molecule has 0 saturated carbocycles. The van der Waals surface area contributed by atoms with Gasteiger partial charge in [0.25, 0.3) is 5.91 Å². The minimum atomic E-state index is -0.907. The topological polar surface area (TPSA) is 66.0 Å². The molecule has 1 N–H and O–H groups in total. The molecule has 0 fully saturated rings. The minimum Gasteiger partial charge on any atom is -0.493 e. The molecule has 0 aliphatic rings. The van der Waals surface area contributed by atoms with Gasteiger partial charge in [-0.05, 0) is 48.4 Å². The van der Waals surface area contributed by atoms with Gasteiger partial charge < -0.3 is 24.3 Å². The summed E-state index contributed by atoms with van der Waals surface area (Å²) in [6.45, 7) is 0.402. The van der Waals surface area contributed by atoms with Crippen molar-refractivity contribution in [2.24, 2.45) is 0 Å². The molecule has 0 spiro atoms. The van der Waals surface area contributed by atoms with Gasteiger partial charge in [-0.15, -0.1) is 12.8 Å². The summed E-state index contributed by atoms with van der Waals surface area (Å²) in [5.74, 6) is 5.52. The highest BCUT2D eigenvalue weighted by Crippen LogP contribution is 2.28. The second-order valence-corrected chi connectivity index (χ2v) is 6.29. The molecule has 0 aromatic heterocycles. The van der Waals surface area contributed by atoms with Crippen molar-refractivity contribution in [2.75, 3.05) is 33.5 Å². The lowest BCUT2D eigenvalue weighted by Gasteiger charge is -2.17. The smallest absolute Gasteiger partial charge is 0.252 e. The lowest BCUT2D eigenvalue weighted by molar-refractivity contribution is -0.133. The first-order valence-electron chi connectivity index (χ1n) is 9.51. The van der Waals surface area contributed by atoms with E-state index in [1.165, 1.54) is 31.4 Å². The quantitative estimate of drug-likeness (QED) is 0.530. The Kier molecular flexibility index (Phi) is 9.74. The number of ether oxygens (including phenoxy) is 4. The zero-order valence-electron chi connectivity index (χ0n) is 17.2. The van der Waals surface area contributed by atoms with Gasteiger partial charge in [-0.25, -0.2) is 4.39 Å². The SMILES string of the molecule is C#CCOc1ccc(CCNC(=O)[C@H](COc2ccc(F)cc2)OCC#C)cc1OC. The molecule has 1 atom stereocenters. The number of benzene rings is 2. The van der Waals surface area contributed by atoms with E-state index in [0.29, 0.717) is 30.2 Å². The van der Waals surface area contributed by atoms with Gasteiger partial charge in [-0.2, -0.15) is 0 Å². The van der Waals surface area contributed by atoms with Gasteiger partial charge in [-0.1, -0.05) is 17.9 Å². The monoisotopic (exact) mass is 425 g/mol. The first-order chi connectivity index (χ1) is 15.1. The molecule has 2 aromatic rings. The van der Waals surface area contributed by atoms with Gasteiger partial charge in [0.15, 0.2) is 17.6 Å². The van der Waals surface area contributed by atoms with Gasteiger partial charge in [0.1, 0.15) is 31.4 Å². The van der Waals surface area contributed by atoms with E-state index in [1.54, 1.807) is 6.07 Å². The Labute approximate surface area is 181 Å². The summed E-state index contributed by atoms with van der Waals surface area (Å²) in [6.07, 6.45) is 10.1. The molecule has 31 heavy (non-hydrogen) atoms. The third-order valence-corrected chi connectivity index (χ3v) is 4.13. The summed E-state index contributed by atoms with van der Waals surface area (Å²) in [4.78, 5) is 12.5. The molecule has 0 aliphatic heterocycles. The van der Waals surface area contributed by atoms with Gasteiger partial charge in [-0.3, -0.25) is 4.79 Å². The van der Waals surface area contributed by atoms with Crippen molar-refractivity contribution in [1.29, 1.82) is 0 Å². The predicted octanol–water partition coefficient (Wildman–Crippen LogP) is 2.60. The van der Waals surface area contributed by atoms with Gasteiger partial charge >= 0.3 is 0 Å². The molecule has 0 heterocycles. The zero-order chi connectivity index (χ0) is 22.5. The molecule has 162 valence electrons. The van der Waals surface area contributed by atoms with Crippen LogP contribution in [0.4, 0.5) is 4.39 Å². The fourth-order valence-corrected chi connectivity index (χ4v) is 2.60. The molecule has 0 unspecified atom stereocenters. The summed E-state index contributed by atoms with van der Waals surface area (Å²) in [5, 5.41) is 2.80. The largest absolute Gasteiger partial charge is 0.493 e. The van der Waals surface area contributed by atoms with E-state index in [2.05, 4.69) is 17.2 Å². The predicted molar refractivity (Wildman–Crippen MR) is 115 cm³/mol. The van der Waals surface area contributed by atoms with Gasteiger partial charge in [0.05, 0.1) is 7.11 Å². The van der Waals surface area contributed by atoms with E-state index >= 15 is 0 Å². The van der Waals surface area contributed by atoms with Crippen LogP contribution in [0, 0.1) is 30.5 Å². The Morgan fingerprint density at radius 1 is 1.06 bits per heavy atom. The van der Waals surface area contributed by atoms with Crippen molar-refractivity contribution in [2.45, 2.75) is 12.5 Å². The number of methoxy groups -OCH3 is 1. The number of terminal acetylenes is 2. The van der Waals surface area contributed by atoms with E-state index in [1.807, 2.05) is 12.1 Å². The molecular formula is C24H24FNO5. The van der Waals surface area contributed by atoms with Crippen LogP contribution in [0.5, 0.6) is 17.2 Å². The number of hydrogen-bond donors (Lipinski definition) is 1. The first-order valence-corrected chi connectivity index (χ1v) is 9.51. The average molecular weight is 425 g/mol. The van der Waals surface area contributed by atoms with Crippen molar-refractivity contribution in [3.8, 4) is 41.9 Å². The number of carbonyl (C=O) groups excluding carboxylic acids is 1. The highest BCUT2D eigenvalue weighted by molar-refractivity contribution is 5.81. The van der Waals surface area contributed by atoms with Crippen LogP contribution in [0.1, 0.15) is 5.56 Å². The summed E-state index contributed by atoms with van der Waals surface area (Å²) in [6, 6.07) is 10.9. The van der Waals surface area contributed by atoms with Crippen LogP contribution in [-0.4, -0.2) is 45.5 Å². The minimum absolute atomic E-state index is 0.0405. The number of amides is 1. The molecule has 7 heteroatoms. The molecule has 2 rings (SSSR count). The molecule has 2 aromatic carbocycles. The van der Waals surface area contributed by atoms with Crippen molar-refractivity contribution in [3.05, 3.63) is 53.8 Å². The van der Waals surface area contributed by atoms with Gasteiger partial charge in [0, 0.05) is 6.54 Å². The van der Waals surface area contributed by atoms with Crippen molar-refractivity contribution < 1.29 is 28.1 Å². The summed E-state index contributed by atoms with van der Waals surface area (Å²) in [5.41, 5.74) is 0.939. The highest BCUT2D eigenvalue weighted by atomic mass is 19.1. The molecule has 0 saturated heterocycles. The number of nitrogens with one attached hydrogen (secondary N) is 1. The molecular weight excluding hydrogens is 401 g/mol. The lowest BCUT2D eigenvalue weighted by atomic mass is 10.1. The Morgan fingerprint density at radius 2 is 1.81 bits per heavy atom. The molecule has 0 bridgehead atoms. The maximum atomic E-state index is 13.0. The molecule has 1 amide bonds. The van der Waals surface area contributed by atoms with Crippen LogP contribution in [0.15, 0.2) is 42.5 Å². The van der Waals surface area contributed by atoms with E-state index in [9.17, 15) is 9.18 Å². The fraction of sp³-hybridized carbons (Fsp3) is 0.292. The second-order valence-electron chi connectivity index (χ2n) is 6.29. The lowest BCUT2D eigenvalue weighted by Crippen LogP contribution is -2.41. The Bertz CT molecular complexity index is 930. The highest BCUT2D eigenvalue weighted by Gasteiger charge is 2.20. The number of rotatable bonds is 12. The van der Waals surface area contributed by atoms with Crippen molar-refractivity contribution in [1.82, 2.24) is 5.32 Å². The maximum Gasteiger partial charge on any atom is 0.252 e. The van der Waals surface area contributed by atoms with Crippen molar-refractivity contribution >= 4 is 5.91 Å². The van der Waals surface area contributed by atoms with Crippen LogP contribution in [0.3, 0.4) is 0 Å². The van der Waals surface area contributed by atoms with E-state index in [0.717, 1.165) is 5.56 Å². The van der Waals surface area contributed by atoms with Crippen LogP contribution < -0.4 is 19.5 Å². The number of carbonyl (C=O) groups is 1. The number of halogens is 1. The van der Waals surface area contributed by atoms with Crippen LogP contribution in [0.25, 0.3) is 0 Å². The van der Waals surface area contributed by atoms with E-state index < -0.39 is 6.10 Å². The maximum absolute atomic E-state index is 13.0. The van der Waals surface area contributed by atoms with E-state index in [-0.39, 0.29) is 31.5 Å². The Hall–Kier alpha value is -3.68. The summed E-state index contributed by atoms with van der Waals surface area (Å²) in [7, 11) is 1.54. The third kappa shape index (κ3) is 7.93. The molecule has 0 aliphatic carbocycles. The van der Waals surface area contributed by atoms with E-state index in [4.69, 9.17) is 31.8 Å². The first kappa shape index (κ1) is 23.6. The number of hydrogen-bond acceptors (Lipinski definition) is 5. The van der Waals surface area contributed by atoms with Crippen molar-refractivity contribution in [3.63, 3.8) is 0 Å². The molecule has 6 nitrogen and oxygen atoms in total. The standard InChI is InChI=1S/C24H24FNO5/c1-4-14-29-21-11-6-18(16-22(21)28-3)12-13-26-24(27)23(30-15-5-2)17-31-20-9-7-19(25)8-10-20/h1-2,6-11,16,23H,12-15,17H2,3H3,(H,26,27)/t23-/m0/s1. The second kappa shape index (κ2) is 12.8. The zero-order valence-corrected chi connectivity index (χ0v) is 17.2. The van der Waals surface area contributed by atoms with Gasteiger partial charge in [0.2, 0.25) is 0 Å².